The first-order valence-electron chi connectivity index (χ1n) is 4.97. The number of hydrogen-bond acceptors (Lipinski definition) is 2. The van der Waals surface area contributed by atoms with Crippen LogP contribution in [0.1, 0.15) is 19.3 Å². The molecular weight excluding hydrogens is 195 g/mol. The molecule has 0 spiro atoms. The monoisotopic (exact) mass is 208 g/mol. The Kier molecular flexibility index (Phi) is 2.44. The van der Waals surface area contributed by atoms with Crippen LogP contribution in [0.3, 0.4) is 0 Å². The van der Waals surface area contributed by atoms with Crippen LogP contribution in [0.5, 0.6) is 0 Å². The maximum absolute atomic E-state index is 13.2. The molecule has 0 atom stereocenters. The summed E-state index contributed by atoms with van der Waals surface area (Å²) in [4.78, 5) is 11.7. The molecule has 1 aliphatic carbocycles. The van der Waals surface area contributed by atoms with Gasteiger partial charge in [0.1, 0.15) is 5.82 Å². The minimum absolute atomic E-state index is 0.194. The highest BCUT2D eigenvalue weighted by atomic mass is 19.1. The second-order valence-corrected chi connectivity index (χ2v) is 3.94. The van der Waals surface area contributed by atoms with Crippen molar-refractivity contribution in [2.24, 2.45) is 5.73 Å². The number of anilines is 1. The summed E-state index contributed by atoms with van der Waals surface area (Å²) in [6, 6.07) is 6.07. The number of nitrogens with one attached hydrogen (secondary N) is 1. The Morgan fingerprint density at radius 2 is 2.07 bits per heavy atom. The molecule has 3 N–H and O–H groups in total. The van der Waals surface area contributed by atoms with E-state index in [1.165, 1.54) is 12.1 Å². The van der Waals surface area contributed by atoms with E-state index in [2.05, 4.69) is 5.32 Å². The van der Waals surface area contributed by atoms with Crippen molar-refractivity contribution in [1.29, 1.82) is 0 Å². The van der Waals surface area contributed by atoms with Crippen LogP contribution >= 0.6 is 0 Å². The average molecular weight is 208 g/mol. The maximum atomic E-state index is 13.2. The molecule has 1 saturated carbocycles. The van der Waals surface area contributed by atoms with Gasteiger partial charge in [0.05, 0.1) is 11.2 Å². The van der Waals surface area contributed by atoms with Gasteiger partial charge >= 0.3 is 0 Å². The van der Waals surface area contributed by atoms with E-state index in [4.69, 9.17) is 5.73 Å². The second kappa shape index (κ2) is 3.62. The normalized spacial score (nSPS) is 18.0. The number of hydrogen-bond donors (Lipinski definition) is 2. The van der Waals surface area contributed by atoms with Gasteiger partial charge in [-0.1, -0.05) is 12.1 Å². The summed E-state index contributed by atoms with van der Waals surface area (Å²) < 4.78 is 13.2. The van der Waals surface area contributed by atoms with Crippen molar-refractivity contribution in [2.45, 2.75) is 24.8 Å². The smallest absolute Gasteiger partial charge is 0.244 e. The minimum Gasteiger partial charge on any atom is -0.322 e. The predicted molar refractivity (Wildman–Crippen MR) is 55.8 cm³/mol. The molecule has 15 heavy (non-hydrogen) atoms. The van der Waals surface area contributed by atoms with E-state index in [1.807, 2.05) is 0 Å². The van der Waals surface area contributed by atoms with Crippen LogP contribution in [0.15, 0.2) is 24.3 Å². The van der Waals surface area contributed by atoms with E-state index in [0.717, 1.165) is 6.42 Å². The van der Waals surface area contributed by atoms with Gasteiger partial charge < -0.3 is 11.1 Å². The van der Waals surface area contributed by atoms with Crippen LogP contribution in [-0.2, 0) is 4.79 Å². The largest absolute Gasteiger partial charge is 0.322 e. The molecule has 0 saturated heterocycles. The molecule has 1 amide bonds. The molecule has 0 heterocycles. The molecule has 0 radical (unpaired) electrons. The molecule has 2 rings (SSSR count). The van der Waals surface area contributed by atoms with Gasteiger partial charge in [0, 0.05) is 0 Å². The van der Waals surface area contributed by atoms with Gasteiger partial charge in [0.25, 0.3) is 0 Å². The predicted octanol–water partition coefficient (Wildman–Crippen LogP) is 1.65. The van der Waals surface area contributed by atoms with Gasteiger partial charge in [-0.3, -0.25) is 4.79 Å². The van der Waals surface area contributed by atoms with E-state index in [1.54, 1.807) is 12.1 Å². The third-order valence-electron chi connectivity index (χ3n) is 2.82. The molecule has 1 aromatic carbocycles. The minimum atomic E-state index is -0.789. The Labute approximate surface area is 87.5 Å². The zero-order valence-corrected chi connectivity index (χ0v) is 8.29. The van der Waals surface area contributed by atoms with Gasteiger partial charge in [0.15, 0.2) is 0 Å². The maximum Gasteiger partial charge on any atom is 0.244 e. The first kappa shape index (κ1) is 10.1. The number of nitrogens with two attached hydrogens (primary N) is 1. The van der Waals surface area contributed by atoms with Crippen LogP contribution in [-0.4, -0.2) is 11.4 Å². The SMILES string of the molecule is NC1(C(=O)Nc2ccccc2F)CCC1. The van der Waals surface area contributed by atoms with Crippen LogP contribution in [0.25, 0.3) is 0 Å². The van der Waals surface area contributed by atoms with Gasteiger partial charge in [0.2, 0.25) is 5.91 Å². The lowest BCUT2D eigenvalue weighted by molar-refractivity contribution is -0.123. The van der Waals surface area contributed by atoms with Crippen molar-refractivity contribution >= 4 is 11.6 Å². The fourth-order valence-electron chi connectivity index (χ4n) is 1.59. The van der Waals surface area contributed by atoms with Crippen molar-refractivity contribution in [3.63, 3.8) is 0 Å². The Balaban J connectivity index is 2.09. The van der Waals surface area contributed by atoms with Gasteiger partial charge in [-0.15, -0.1) is 0 Å². The molecular formula is C11H13FN2O. The Bertz CT molecular complexity index is 388. The summed E-state index contributed by atoms with van der Waals surface area (Å²) in [6.07, 6.45) is 2.31. The Morgan fingerprint density at radius 3 is 2.60 bits per heavy atom. The second-order valence-electron chi connectivity index (χ2n) is 3.94. The lowest BCUT2D eigenvalue weighted by Crippen LogP contribution is -2.56. The lowest BCUT2D eigenvalue weighted by atomic mass is 9.77. The molecule has 1 aliphatic rings. The summed E-state index contributed by atoms with van der Waals surface area (Å²) >= 11 is 0. The molecule has 0 aliphatic heterocycles. The summed E-state index contributed by atoms with van der Waals surface area (Å²) in [5.41, 5.74) is 5.21. The number of rotatable bonds is 2. The number of benzene rings is 1. The molecule has 0 aromatic heterocycles. The summed E-state index contributed by atoms with van der Waals surface area (Å²) in [5, 5.41) is 2.51. The lowest BCUT2D eigenvalue weighted by Gasteiger charge is -2.36. The third kappa shape index (κ3) is 1.85. The number of amides is 1. The van der Waals surface area contributed by atoms with E-state index in [-0.39, 0.29) is 11.6 Å². The van der Waals surface area contributed by atoms with Crippen molar-refractivity contribution < 1.29 is 9.18 Å². The van der Waals surface area contributed by atoms with Crippen molar-refractivity contribution in [3.8, 4) is 0 Å². The Morgan fingerprint density at radius 1 is 1.40 bits per heavy atom. The van der Waals surface area contributed by atoms with Crippen molar-refractivity contribution in [2.75, 3.05) is 5.32 Å². The first-order valence-corrected chi connectivity index (χ1v) is 4.97. The zero-order chi connectivity index (χ0) is 10.9. The van der Waals surface area contributed by atoms with E-state index >= 15 is 0 Å². The standard InChI is InChI=1S/C11H13FN2O/c12-8-4-1-2-5-9(8)14-10(15)11(13)6-3-7-11/h1-2,4-5H,3,6-7,13H2,(H,14,15). The third-order valence-corrected chi connectivity index (χ3v) is 2.82. The highest BCUT2D eigenvalue weighted by Crippen LogP contribution is 2.30. The van der Waals surface area contributed by atoms with Crippen molar-refractivity contribution in [3.05, 3.63) is 30.1 Å². The van der Waals surface area contributed by atoms with Gasteiger partial charge in [-0.05, 0) is 31.4 Å². The molecule has 0 bridgehead atoms. The molecule has 0 unspecified atom stereocenters. The molecule has 3 nitrogen and oxygen atoms in total. The highest BCUT2D eigenvalue weighted by molar-refractivity contribution is 5.98. The number of para-hydroxylation sites is 1. The van der Waals surface area contributed by atoms with E-state index in [0.29, 0.717) is 12.8 Å². The van der Waals surface area contributed by atoms with E-state index in [9.17, 15) is 9.18 Å². The van der Waals surface area contributed by atoms with E-state index < -0.39 is 11.4 Å². The van der Waals surface area contributed by atoms with Crippen molar-refractivity contribution in [1.82, 2.24) is 0 Å². The molecule has 1 aromatic rings. The fourth-order valence-corrected chi connectivity index (χ4v) is 1.59. The first-order chi connectivity index (χ1) is 7.12. The van der Waals surface area contributed by atoms with Crippen LogP contribution in [0, 0.1) is 5.82 Å². The summed E-state index contributed by atoms with van der Waals surface area (Å²) in [5.74, 6) is -0.729. The molecule has 80 valence electrons. The van der Waals surface area contributed by atoms with Crippen LogP contribution in [0.2, 0.25) is 0 Å². The average Bonchev–Trinajstić information content (AvgIpc) is 2.18. The molecule has 1 fully saturated rings. The topological polar surface area (TPSA) is 55.1 Å². The zero-order valence-electron chi connectivity index (χ0n) is 8.29. The molecule has 4 heteroatoms. The van der Waals surface area contributed by atoms with Gasteiger partial charge in [-0.2, -0.15) is 0 Å². The van der Waals surface area contributed by atoms with Gasteiger partial charge in [-0.25, -0.2) is 4.39 Å². The number of halogens is 1. The van der Waals surface area contributed by atoms with Crippen LogP contribution in [0.4, 0.5) is 10.1 Å². The summed E-state index contributed by atoms with van der Waals surface area (Å²) in [7, 11) is 0. The van der Waals surface area contributed by atoms with Crippen LogP contribution < -0.4 is 11.1 Å². The summed E-state index contributed by atoms with van der Waals surface area (Å²) in [6.45, 7) is 0. The highest BCUT2D eigenvalue weighted by Gasteiger charge is 2.40. The Hall–Kier alpha value is -1.42. The number of carbonyl (C=O) groups excluding carboxylic acids is 1. The fraction of sp³-hybridized carbons (Fsp3) is 0.364. The quantitative estimate of drug-likeness (QED) is 0.776. The number of carbonyl (C=O) groups is 1.